The summed E-state index contributed by atoms with van der Waals surface area (Å²) in [5.74, 6) is -1.70. The van der Waals surface area contributed by atoms with Gasteiger partial charge in [-0.3, -0.25) is 0 Å². The van der Waals surface area contributed by atoms with E-state index in [4.69, 9.17) is 0 Å². The molecular weight excluding hydrogens is 277 g/mol. The van der Waals surface area contributed by atoms with Gasteiger partial charge in [0.1, 0.15) is 0 Å². The number of rotatable bonds is 3. The number of halogens is 3. The third-order valence-corrected chi connectivity index (χ3v) is 5.18. The first-order valence-electron chi connectivity index (χ1n) is 7.78. The highest BCUT2D eigenvalue weighted by Gasteiger charge is 2.53. The molecule has 2 aliphatic rings. The topological polar surface area (TPSA) is 20.2 Å². The minimum atomic E-state index is -4.18. The van der Waals surface area contributed by atoms with Crippen LogP contribution in [-0.4, -0.2) is 17.4 Å². The van der Waals surface area contributed by atoms with Gasteiger partial charge in [0.2, 0.25) is 0 Å². The Labute approximate surface area is 123 Å². The molecule has 116 valence electrons. The van der Waals surface area contributed by atoms with Crippen LogP contribution in [0, 0.1) is 17.8 Å². The van der Waals surface area contributed by atoms with Crippen molar-refractivity contribution in [2.45, 2.75) is 50.3 Å². The fourth-order valence-electron chi connectivity index (χ4n) is 3.97. The molecular formula is C17H21F3O. The van der Waals surface area contributed by atoms with E-state index in [0.29, 0.717) is 12.8 Å². The summed E-state index contributed by atoms with van der Waals surface area (Å²) in [6.07, 6.45) is -2.08. The van der Waals surface area contributed by atoms with Crippen LogP contribution in [-0.2, 0) is 0 Å². The van der Waals surface area contributed by atoms with E-state index in [9.17, 15) is 18.3 Å². The molecule has 1 nitrogen and oxygen atoms in total. The predicted octanol–water partition coefficient (Wildman–Crippen LogP) is 4.52. The fraction of sp³-hybridized carbons (Fsp3) is 0.647. The number of alkyl halides is 3. The third kappa shape index (κ3) is 3.10. The zero-order valence-electron chi connectivity index (χ0n) is 11.9. The molecule has 5 unspecified atom stereocenters. The van der Waals surface area contributed by atoms with Crippen LogP contribution < -0.4 is 0 Å². The van der Waals surface area contributed by atoms with Gasteiger partial charge in [0, 0.05) is 0 Å². The average Bonchev–Trinajstić information content (AvgIpc) is 3.27. The number of aliphatic hydroxyl groups is 1. The molecule has 0 amide bonds. The monoisotopic (exact) mass is 298 g/mol. The van der Waals surface area contributed by atoms with E-state index in [1.165, 1.54) is 0 Å². The molecule has 0 heterocycles. The summed E-state index contributed by atoms with van der Waals surface area (Å²) < 4.78 is 39.4. The van der Waals surface area contributed by atoms with Gasteiger partial charge < -0.3 is 5.11 Å². The van der Waals surface area contributed by atoms with Crippen molar-refractivity contribution in [2.75, 3.05) is 0 Å². The van der Waals surface area contributed by atoms with E-state index < -0.39 is 24.1 Å². The Kier molecular flexibility index (Phi) is 4.00. The minimum Gasteiger partial charge on any atom is -0.393 e. The van der Waals surface area contributed by atoms with Crippen LogP contribution in [0.15, 0.2) is 30.3 Å². The van der Waals surface area contributed by atoms with Gasteiger partial charge in [-0.25, -0.2) is 0 Å². The van der Waals surface area contributed by atoms with Crippen molar-refractivity contribution in [2.24, 2.45) is 17.8 Å². The molecule has 0 spiro atoms. The zero-order chi connectivity index (χ0) is 15.0. The maximum atomic E-state index is 13.1. The summed E-state index contributed by atoms with van der Waals surface area (Å²) in [5, 5.41) is 10.5. The lowest BCUT2D eigenvalue weighted by atomic mass is 9.74. The van der Waals surface area contributed by atoms with Crippen molar-refractivity contribution in [1.29, 1.82) is 0 Å². The first kappa shape index (κ1) is 14.9. The molecule has 4 heteroatoms. The second kappa shape index (κ2) is 5.64. The summed E-state index contributed by atoms with van der Waals surface area (Å²) in [4.78, 5) is 0. The molecule has 3 rings (SSSR count). The first-order valence-corrected chi connectivity index (χ1v) is 7.78. The lowest BCUT2D eigenvalue weighted by molar-refractivity contribution is -0.208. The highest BCUT2D eigenvalue weighted by atomic mass is 19.4. The minimum absolute atomic E-state index is 0.000324. The summed E-state index contributed by atoms with van der Waals surface area (Å²) in [7, 11) is 0. The van der Waals surface area contributed by atoms with E-state index in [-0.39, 0.29) is 18.3 Å². The molecule has 2 aliphatic carbocycles. The molecule has 0 aromatic heterocycles. The molecule has 2 saturated carbocycles. The standard InChI is InChI=1S/C17H21F3O/c18-17(19,20)15-9-5-4-8-12(15)16(21)14-10-13(14)11-6-2-1-3-7-11/h1-3,6-7,12-16,21H,4-5,8-10H2. The van der Waals surface area contributed by atoms with E-state index in [0.717, 1.165) is 18.4 Å². The lowest BCUT2D eigenvalue weighted by Crippen LogP contribution is -2.40. The summed E-state index contributed by atoms with van der Waals surface area (Å²) in [6, 6.07) is 9.81. The number of hydrogen-bond acceptors (Lipinski definition) is 1. The van der Waals surface area contributed by atoms with Crippen LogP contribution >= 0.6 is 0 Å². The third-order valence-electron chi connectivity index (χ3n) is 5.18. The van der Waals surface area contributed by atoms with Crippen LogP contribution in [0.1, 0.15) is 43.6 Å². The molecule has 1 N–H and O–H groups in total. The molecule has 2 fully saturated rings. The van der Waals surface area contributed by atoms with Gasteiger partial charge in [-0.1, -0.05) is 43.2 Å². The van der Waals surface area contributed by atoms with E-state index >= 15 is 0 Å². The van der Waals surface area contributed by atoms with Crippen molar-refractivity contribution < 1.29 is 18.3 Å². The molecule has 0 aliphatic heterocycles. The molecule has 1 aromatic carbocycles. The summed E-state index contributed by atoms with van der Waals surface area (Å²) in [5.41, 5.74) is 1.14. The maximum Gasteiger partial charge on any atom is 0.392 e. The Morgan fingerprint density at radius 3 is 2.33 bits per heavy atom. The summed E-state index contributed by atoms with van der Waals surface area (Å²) >= 11 is 0. The van der Waals surface area contributed by atoms with Crippen molar-refractivity contribution in [3.05, 3.63) is 35.9 Å². The van der Waals surface area contributed by atoms with Gasteiger partial charge in [0.25, 0.3) is 0 Å². The highest BCUT2D eigenvalue weighted by molar-refractivity contribution is 5.26. The molecule has 1 aromatic rings. The Bertz CT molecular complexity index is 471. The van der Waals surface area contributed by atoms with Gasteiger partial charge in [-0.05, 0) is 42.6 Å². The van der Waals surface area contributed by atoms with Crippen molar-refractivity contribution >= 4 is 0 Å². The number of aliphatic hydroxyl groups excluding tert-OH is 1. The predicted molar refractivity (Wildman–Crippen MR) is 74.8 cm³/mol. The normalized spacial score (nSPS) is 34.5. The van der Waals surface area contributed by atoms with Gasteiger partial charge in [0.05, 0.1) is 12.0 Å². The SMILES string of the molecule is OC(C1CC1c1ccccc1)C1CCCCC1C(F)(F)F. The Morgan fingerprint density at radius 2 is 1.67 bits per heavy atom. The highest BCUT2D eigenvalue weighted by Crippen LogP contribution is 2.54. The van der Waals surface area contributed by atoms with Crippen LogP contribution in [0.4, 0.5) is 13.2 Å². The second-order valence-corrected chi connectivity index (χ2v) is 6.50. The average molecular weight is 298 g/mol. The Balaban J connectivity index is 1.69. The Morgan fingerprint density at radius 1 is 1.00 bits per heavy atom. The smallest absolute Gasteiger partial charge is 0.392 e. The van der Waals surface area contributed by atoms with Gasteiger partial charge in [-0.2, -0.15) is 13.2 Å². The molecule has 5 atom stereocenters. The molecule has 0 bridgehead atoms. The molecule has 21 heavy (non-hydrogen) atoms. The van der Waals surface area contributed by atoms with Crippen molar-refractivity contribution in [3.63, 3.8) is 0 Å². The van der Waals surface area contributed by atoms with Crippen LogP contribution in [0.3, 0.4) is 0 Å². The number of hydrogen-bond donors (Lipinski definition) is 1. The molecule has 0 radical (unpaired) electrons. The van der Waals surface area contributed by atoms with Crippen LogP contribution in [0.2, 0.25) is 0 Å². The van der Waals surface area contributed by atoms with Gasteiger partial charge in [-0.15, -0.1) is 0 Å². The molecule has 0 saturated heterocycles. The van der Waals surface area contributed by atoms with Gasteiger partial charge >= 0.3 is 6.18 Å². The zero-order valence-corrected chi connectivity index (χ0v) is 11.9. The quantitative estimate of drug-likeness (QED) is 0.870. The van der Waals surface area contributed by atoms with E-state index in [2.05, 4.69) is 0 Å². The van der Waals surface area contributed by atoms with Crippen molar-refractivity contribution in [3.8, 4) is 0 Å². The fourth-order valence-corrected chi connectivity index (χ4v) is 3.97. The number of benzene rings is 1. The van der Waals surface area contributed by atoms with E-state index in [1.807, 2.05) is 30.3 Å². The van der Waals surface area contributed by atoms with E-state index in [1.54, 1.807) is 0 Å². The maximum absolute atomic E-state index is 13.1. The summed E-state index contributed by atoms with van der Waals surface area (Å²) in [6.45, 7) is 0. The first-order chi connectivity index (χ1) is 9.98. The van der Waals surface area contributed by atoms with Crippen LogP contribution in [0.5, 0.6) is 0 Å². The second-order valence-electron chi connectivity index (χ2n) is 6.50. The van der Waals surface area contributed by atoms with Crippen LogP contribution in [0.25, 0.3) is 0 Å². The van der Waals surface area contributed by atoms with Crippen molar-refractivity contribution in [1.82, 2.24) is 0 Å². The van der Waals surface area contributed by atoms with Gasteiger partial charge in [0.15, 0.2) is 0 Å². The largest absolute Gasteiger partial charge is 0.393 e. The lowest BCUT2D eigenvalue weighted by Gasteiger charge is -2.36. The Hall–Kier alpha value is -1.03.